The number of hydrogen-bond acceptors (Lipinski definition) is 1. The molecule has 1 aromatic carbocycles. The number of fused-ring (bicyclic) bond motifs is 1. The first-order chi connectivity index (χ1) is 7.51. The lowest BCUT2D eigenvalue weighted by Gasteiger charge is -2.11. The van der Waals surface area contributed by atoms with Gasteiger partial charge < -0.3 is 9.55 Å². The van der Waals surface area contributed by atoms with Crippen molar-refractivity contribution < 1.29 is 4.39 Å². The third-order valence-corrected chi connectivity index (χ3v) is 4.35. The Morgan fingerprint density at radius 1 is 1.50 bits per heavy atom. The molecule has 1 aromatic heterocycles. The van der Waals surface area contributed by atoms with Gasteiger partial charge >= 0.3 is 0 Å². The molecule has 2 aromatic rings. The molecule has 0 unspecified atom stereocenters. The van der Waals surface area contributed by atoms with E-state index < -0.39 is 0 Å². The van der Waals surface area contributed by atoms with Crippen molar-refractivity contribution in [2.75, 3.05) is 0 Å². The molecule has 1 aliphatic carbocycles. The van der Waals surface area contributed by atoms with Crippen LogP contribution in [0.1, 0.15) is 19.8 Å². The Kier molecular flexibility index (Phi) is 2.20. The molecule has 0 amide bonds. The molecule has 0 bridgehead atoms. The molecule has 1 heterocycles. The van der Waals surface area contributed by atoms with Crippen LogP contribution >= 0.6 is 34.8 Å². The maximum Gasteiger partial charge on any atom is 0.178 e. The third-order valence-electron chi connectivity index (χ3n) is 3.24. The smallest absolute Gasteiger partial charge is 0.178 e. The highest BCUT2D eigenvalue weighted by Crippen LogP contribution is 2.45. The van der Waals surface area contributed by atoms with Crippen LogP contribution in [0.4, 0.5) is 4.39 Å². The molecule has 1 fully saturated rings. The number of H-pyrrole nitrogens is 1. The van der Waals surface area contributed by atoms with E-state index in [-0.39, 0.29) is 11.4 Å². The molecule has 16 heavy (non-hydrogen) atoms. The van der Waals surface area contributed by atoms with Crippen molar-refractivity contribution in [3.8, 4) is 0 Å². The van der Waals surface area contributed by atoms with Gasteiger partial charge in [-0.2, -0.15) is 0 Å². The Bertz CT molecular complexity index is 639. The standard InChI is InChI=1S/C11H10FIN2S/c1-11(2-3-11)15-9-4-6(12)7(13)5-8(9)14-10(15)16/h4-5H,2-3H2,1H3,(H,14,16). The fourth-order valence-corrected chi connectivity index (χ4v) is 2.94. The maximum atomic E-state index is 13.6. The zero-order chi connectivity index (χ0) is 11.5. The molecule has 1 N–H and O–H groups in total. The normalized spacial score (nSPS) is 17.9. The SMILES string of the molecule is CC1(n2c(=S)[nH]c3cc(I)c(F)cc32)CC1. The number of benzene rings is 1. The van der Waals surface area contributed by atoms with E-state index in [1.165, 1.54) is 0 Å². The second-order valence-corrected chi connectivity index (χ2v) is 6.09. The van der Waals surface area contributed by atoms with Crippen LogP contribution in [0.3, 0.4) is 0 Å². The second kappa shape index (κ2) is 3.29. The van der Waals surface area contributed by atoms with E-state index in [1.807, 2.05) is 28.7 Å². The molecule has 0 saturated heterocycles. The molecule has 5 heteroatoms. The van der Waals surface area contributed by atoms with Crippen LogP contribution in [0, 0.1) is 14.2 Å². The second-order valence-electron chi connectivity index (χ2n) is 4.55. The molecule has 0 aliphatic heterocycles. The monoisotopic (exact) mass is 348 g/mol. The van der Waals surface area contributed by atoms with Gasteiger partial charge in [0.15, 0.2) is 4.77 Å². The number of nitrogens with zero attached hydrogens (tertiary/aromatic N) is 1. The van der Waals surface area contributed by atoms with Gasteiger partial charge in [0.25, 0.3) is 0 Å². The molecule has 0 spiro atoms. The first kappa shape index (κ1) is 10.7. The van der Waals surface area contributed by atoms with Gasteiger partial charge in [-0.05, 0) is 60.6 Å². The van der Waals surface area contributed by atoms with Crippen molar-refractivity contribution in [1.29, 1.82) is 0 Å². The average Bonchev–Trinajstić information content (AvgIpc) is 2.84. The van der Waals surface area contributed by atoms with Gasteiger partial charge in [-0.1, -0.05) is 0 Å². The summed E-state index contributed by atoms with van der Waals surface area (Å²) >= 11 is 7.30. The Hall–Kier alpha value is -0.430. The Morgan fingerprint density at radius 3 is 2.81 bits per heavy atom. The number of imidazole rings is 1. The van der Waals surface area contributed by atoms with Crippen molar-refractivity contribution in [2.24, 2.45) is 0 Å². The molecule has 1 aliphatic rings. The summed E-state index contributed by atoms with van der Waals surface area (Å²) in [7, 11) is 0. The van der Waals surface area contributed by atoms with Crippen molar-refractivity contribution in [3.05, 3.63) is 26.3 Å². The minimum atomic E-state index is -0.180. The summed E-state index contributed by atoms with van der Waals surface area (Å²) in [6.45, 7) is 2.16. The Labute approximate surface area is 111 Å². The number of nitrogens with one attached hydrogen (secondary N) is 1. The first-order valence-corrected chi connectivity index (χ1v) is 6.60. The Morgan fingerprint density at radius 2 is 2.19 bits per heavy atom. The van der Waals surface area contributed by atoms with Gasteiger partial charge in [0.05, 0.1) is 14.6 Å². The number of aromatic amines is 1. The maximum absolute atomic E-state index is 13.6. The zero-order valence-corrected chi connectivity index (χ0v) is 11.7. The summed E-state index contributed by atoms with van der Waals surface area (Å²) in [6.07, 6.45) is 2.23. The van der Waals surface area contributed by atoms with Crippen LogP contribution in [-0.4, -0.2) is 9.55 Å². The molecule has 2 nitrogen and oxygen atoms in total. The minimum Gasteiger partial charge on any atom is -0.331 e. The van der Waals surface area contributed by atoms with E-state index in [0.717, 1.165) is 23.9 Å². The molecular formula is C11H10FIN2S. The van der Waals surface area contributed by atoms with Crippen LogP contribution in [0.15, 0.2) is 12.1 Å². The van der Waals surface area contributed by atoms with Crippen LogP contribution in [0.5, 0.6) is 0 Å². The summed E-state index contributed by atoms with van der Waals surface area (Å²) in [5.41, 5.74) is 1.89. The number of halogens is 2. The van der Waals surface area contributed by atoms with E-state index in [4.69, 9.17) is 12.2 Å². The van der Waals surface area contributed by atoms with Gasteiger partial charge in [-0.25, -0.2) is 4.39 Å². The van der Waals surface area contributed by atoms with Gasteiger partial charge in [0.2, 0.25) is 0 Å². The number of hydrogen-bond donors (Lipinski definition) is 1. The third kappa shape index (κ3) is 1.44. The van der Waals surface area contributed by atoms with E-state index in [1.54, 1.807) is 6.07 Å². The minimum absolute atomic E-state index is 0.0918. The van der Waals surface area contributed by atoms with Crippen LogP contribution in [0.2, 0.25) is 0 Å². The van der Waals surface area contributed by atoms with Gasteiger partial charge in [0.1, 0.15) is 5.82 Å². The predicted octanol–water partition coefficient (Wildman–Crippen LogP) is 3.95. The summed E-state index contributed by atoms with van der Waals surface area (Å²) in [4.78, 5) is 3.15. The van der Waals surface area contributed by atoms with E-state index in [0.29, 0.717) is 8.34 Å². The average molecular weight is 348 g/mol. The fraction of sp³-hybridized carbons (Fsp3) is 0.364. The van der Waals surface area contributed by atoms with Gasteiger partial charge in [0, 0.05) is 11.6 Å². The Balaban J connectivity index is 2.40. The highest BCUT2D eigenvalue weighted by Gasteiger charge is 2.40. The van der Waals surface area contributed by atoms with Crippen LogP contribution < -0.4 is 0 Å². The van der Waals surface area contributed by atoms with Crippen molar-refractivity contribution >= 4 is 45.8 Å². The molecular weight excluding hydrogens is 338 g/mol. The molecule has 0 atom stereocenters. The highest BCUT2D eigenvalue weighted by molar-refractivity contribution is 14.1. The van der Waals surface area contributed by atoms with Crippen molar-refractivity contribution in [2.45, 2.75) is 25.3 Å². The summed E-state index contributed by atoms with van der Waals surface area (Å²) in [5.74, 6) is -0.180. The largest absolute Gasteiger partial charge is 0.331 e. The summed E-state index contributed by atoms with van der Waals surface area (Å²) < 4.78 is 16.9. The summed E-state index contributed by atoms with van der Waals surface area (Å²) in [6, 6.07) is 3.39. The molecule has 1 saturated carbocycles. The first-order valence-electron chi connectivity index (χ1n) is 5.11. The number of aromatic nitrogens is 2. The molecule has 84 valence electrons. The lowest BCUT2D eigenvalue weighted by atomic mass is 10.2. The molecule has 3 rings (SSSR count). The van der Waals surface area contributed by atoms with Gasteiger partial charge in [-0.15, -0.1) is 0 Å². The quantitative estimate of drug-likeness (QED) is 0.611. The lowest BCUT2D eigenvalue weighted by molar-refractivity contribution is 0.539. The highest BCUT2D eigenvalue weighted by atomic mass is 127. The van der Waals surface area contributed by atoms with E-state index in [2.05, 4.69) is 16.5 Å². The number of rotatable bonds is 1. The topological polar surface area (TPSA) is 20.7 Å². The fourth-order valence-electron chi connectivity index (χ4n) is 2.04. The predicted molar refractivity (Wildman–Crippen MR) is 72.7 cm³/mol. The summed E-state index contributed by atoms with van der Waals surface area (Å²) in [5, 5.41) is 0. The van der Waals surface area contributed by atoms with Crippen LogP contribution in [-0.2, 0) is 5.54 Å². The van der Waals surface area contributed by atoms with E-state index in [9.17, 15) is 4.39 Å². The van der Waals surface area contributed by atoms with Gasteiger partial charge in [-0.3, -0.25) is 0 Å². The van der Waals surface area contributed by atoms with Crippen LogP contribution in [0.25, 0.3) is 11.0 Å². The lowest BCUT2D eigenvalue weighted by Crippen LogP contribution is -2.12. The van der Waals surface area contributed by atoms with E-state index >= 15 is 0 Å². The zero-order valence-electron chi connectivity index (χ0n) is 8.68. The van der Waals surface area contributed by atoms with Crippen molar-refractivity contribution in [1.82, 2.24) is 9.55 Å². The van der Waals surface area contributed by atoms with Crippen molar-refractivity contribution in [3.63, 3.8) is 0 Å². The molecule has 0 radical (unpaired) electrons.